The van der Waals surface area contributed by atoms with Gasteiger partial charge < -0.3 is 5.73 Å². The maximum atomic E-state index is 5.80. The van der Waals surface area contributed by atoms with Crippen LogP contribution in [0.25, 0.3) is 0 Å². The van der Waals surface area contributed by atoms with Crippen molar-refractivity contribution in [3.05, 3.63) is 11.6 Å². The van der Waals surface area contributed by atoms with E-state index in [2.05, 4.69) is 12.0 Å². The molecular formula is C10H15N. The molecule has 0 amide bonds. The van der Waals surface area contributed by atoms with Crippen LogP contribution in [-0.2, 0) is 0 Å². The molecule has 1 saturated carbocycles. The van der Waals surface area contributed by atoms with Gasteiger partial charge in [-0.1, -0.05) is 11.6 Å². The van der Waals surface area contributed by atoms with E-state index in [1.165, 1.54) is 24.8 Å². The first-order valence-corrected chi connectivity index (χ1v) is 4.20. The third-order valence-corrected chi connectivity index (χ3v) is 2.11. The quantitative estimate of drug-likeness (QED) is 0.447. The minimum atomic E-state index is 0.382. The molecule has 1 aliphatic carbocycles. The molecular weight excluding hydrogens is 134 g/mol. The van der Waals surface area contributed by atoms with Crippen LogP contribution in [0.2, 0.25) is 0 Å². The Kier molecular flexibility index (Phi) is 3.19. The lowest BCUT2D eigenvalue weighted by Gasteiger charge is -2.19. The predicted octanol–water partition coefficient (Wildman–Crippen LogP) is 1.84. The molecule has 1 unspecified atom stereocenters. The third kappa shape index (κ3) is 2.78. The number of rotatable bonds is 1. The lowest BCUT2D eigenvalue weighted by molar-refractivity contribution is 0.516. The molecule has 1 atom stereocenters. The molecule has 1 heteroatoms. The Hall–Kier alpha value is -0.740. The van der Waals surface area contributed by atoms with Crippen LogP contribution in [0, 0.1) is 12.3 Å². The van der Waals surface area contributed by atoms with Crippen LogP contribution in [0.5, 0.6) is 0 Å². The highest BCUT2D eigenvalue weighted by molar-refractivity contribution is 5.10. The summed E-state index contributed by atoms with van der Waals surface area (Å²) < 4.78 is 0. The number of terminal acetylenes is 1. The van der Waals surface area contributed by atoms with E-state index >= 15 is 0 Å². The molecule has 60 valence electrons. The minimum Gasteiger partial charge on any atom is -0.327 e. The normalized spacial score (nSPS) is 28.4. The summed E-state index contributed by atoms with van der Waals surface area (Å²) >= 11 is 0. The van der Waals surface area contributed by atoms with E-state index in [4.69, 9.17) is 12.2 Å². The van der Waals surface area contributed by atoms with Gasteiger partial charge in [0.25, 0.3) is 0 Å². The van der Waals surface area contributed by atoms with Gasteiger partial charge in [-0.05, 0) is 25.7 Å². The highest BCUT2D eigenvalue weighted by atomic mass is 14.6. The van der Waals surface area contributed by atoms with Crippen molar-refractivity contribution >= 4 is 0 Å². The fraction of sp³-hybridized carbons (Fsp3) is 0.600. The minimum absolute atomic E-state index is 0.382. The summed E-state index contributed by atoms with van der Waals surface area (Å²) in [4.78, 5) is 0. The van der Waals surface area contributed by atoms with Crippen molar-refractivity contribution in [3.8, 4) is 12.3 Å². The summed E-state index contributed by atoms with van der Waals surface area (Å²) in [7, 11) is 0. The molecule has 0 heterocycles. The molecule has 11 heavy (non-hydrogen) atoms. The summed E-state index contributed by atoms with van der Waals surface area (Å²) in [6, 6.07) is 0.382. The van der Waals surface area contributed by atoms with E-state index in [0.717, 1.165) is 12.8 Å². The van der Waals surface area contributed by atoms with Crippen LogP contribution in [0.1, 0.15) is 32.1 Å². The molecule has 0 aromatic heterocycles. The fourth-order valence-corrected chi connectivity index (χ4v) is 1.52. The molecule has 0 aromatic carbocycles. The number of allylic oxidation sites excluding steroid dienone is 1. The van der Waals surface area contributed by atoms with E-state index < -0.39 is 0 Å². The molecule has 1 aliphatic rings. The molecule has 0 saturated heterocycles. The van der Waals surface area contributed by atoms with Gasteiger partial charge in [0.05, 0.1) is 0 Å². The standard InChI is InChI=1S/C10H15N/c1-2-3-5-9-6-4-7-10(11)8-9/h1,5,10H,3-4,6-8,11H2/b9-5+. The number of hydrogen-bond donors (Lipinski definition) is 1. The molecule has 1 rings (SSSR count). The lowest BCUT2D eigenvalue weighted by atomic mass is 9.91. The first kappa shape index (κ1) is 8.36. The van der Waals surface area contributed by atoms with Crippen molar-refractivity contribution in [1.82, 2.24) is 0 Å². The van der Waals surface area contributed by atoms with E-state index in [1.54, 1.807) is 0 Å². The summed E-state index contributed by atoms with van der Waals surface area (Å²) in [6.45, 7) is 0. The van der Waals surface area contributed by atoms with Gasteiger partial charge >= 0.3 is 0 Å². The van der Waals surface area contributed by atoms with Crippen molar-refractivity contribution in [2.45, 2.75) is 38.1 Å². The van der Waals surface area contributed by atoms with Gasteiger partial charge in [0, 0.05) is 12.5 Å². The summed E-state index contributed by atoms with van der Waals surface area (Å²) in [5, 5.41) is 0. The second-order valence-corrected chi connectivity index (χ2v) is 3.13. The molecule has 0 aliphatic heterocycles. The van der Waals surface area contributed by atoms with Crippen LogP contribution < -0.4 is 5.73 Å². The Morgan fingerprint density at radius 1 is 1.73 bits per heavy atom. The van der Waals surface area contributed by atoms with E-state index in [-0.39, 0.29) is 0 Å². The van der Waals surface area contributed by atoms with E-state index in [9.17, 15) is 0 Å². The smallest absolute Gasteiger partial charge is 0.0269 e. The summed E-state index contributed by atoms with van der Waals surface area (Å²) in [5.74, 6) is 2.61. The Bertz CT molecular complexity index is 186. The highest BCUT2D eigenvalue weighted by Gasteiger charge is 2.11. The maximum Gasteiger partial charge on any atom is 0.0269 e. The zero-order chi connectivity index (χ0) is 8.10. The average Bonchev–Trinajstić information content (AvgIpc) is 2.01. The van der Waals surface area contributed by atoms with Crippen LogP contribution in [0.15, 0.2) is 11.6 Å². The van der Waals surface area contributed by atoms with Gasteiger partial charge in [-0.2, -0.15) is 0 Å². The van der Waals surface area contributed by atoms with Gasteiger partial charge in [0.15, 0.2) is 0 Å². The first-order valence-electron chi connectivity index (χ1n) is 4.20. The van der Waals surface area contributed by atoms with E-state index in [1.807, 2.05) is 0 Å². The fourth-order valence-electron chi connectivity index (χ4n) is 1.52. The van der Waals surface area contributed by atoms with Gasteiger partial charge in [0.2, 0.25) is 0 Å². The molecule has 2 N–H and O–H groups in total. The SMILES string of the molecule is C#CC/C=C1\CCCC(N)C1. The lowest BCUT2D eigenvalue weighted by Crippen LogP contribution is -2.23. The van der Waals surface area contributed by atoms with Crippen molar-refractivity contribution in [2.24, 2.45) is 5.73 Å². The Morgan fingerprint density at radius 2 is 2.55 bits per heavy atom. The third-order valence-electron chi connectivity index (χ3n) is 2.11. The van der Waals surface area contributed by atoms with Crippen molar-refractivity contribution in [1.29, 1.82) is 0 Å². The highest BCUT2D eigenvalue weighted by Crippen LogP contribution is 2.22. The number of nitrogens with two attached hydrogens (primary N) is 1. The Labute approximate surface area is 68.7 Å². The number of hydrogen-bond acceptors (Lipinski definition) is 1. The van der Waals surface area contributed by atoms with Crippen molar-refractivity contribution in [3.63, 3.8) is 0 Å². The van der Waals surface area contributed by atoms with Crippen LogP contribution >= 0.6 is 0 Å². The zero-order valence-corrected chi connectivity index (χ0v) is 6.84. The molecule has 0 aromatic rings. The van der Waals surface area contributed by atoms with Gasteiger partial charge in [-0.3, -0.25) is 0 Å². The average molecular weight is 149 g/mol. The van der Waals surface area contributed by atoms with Crippen LogP contribution in [-0.4, -0.2) is 6.04 Å². The second-order valence-electron chi connectivity index (χ2n) is 3.13. The van der Waals surface area contributed by atoms with Gasteiger partial charge in [-0.15, -0.1) is 12.3 Å². The largest absolute Gasteiger partial charge is 0.327 e. The van der Waals surface area contributed by atoms with E-state index in [0.29, 0.717) is 6.04 Å². The maximum absolute atomic E-state index is 5.80. The van der Waals surface area contributed by atoms with Gasteiger partial charge in [-0.25, -0.2) is 0 Å². The summed E-state index contributed by atoms with van der Waals surface area (Å²) in [5.41, 5.74) is 7.26. The molecule has 0 bridgehead atoms. The van der Waals surface area contributed by atoms with Crippen molar-refractivity contribution < 1.29 is 0 Å². The Balaban J connectivity index is 2.40. The molecule has 0 spiro atoms. The predicted molar refractivity (Wildman–Crippen MR) is 48.0 cm³/mol. The second kappa shape index (κ2) is 4.20. The summed E-state index contributed by atoms with van der Waals surface area (Å²) in [6.07, 6.45) is 12.7. The monoisotopic (exact) mass is 149 g/mol. The van der Waals surface area contributed by atoms with Crippen LogP contribution in [0.4, 0.5) is 0 Å². The zero-order valence-electron chi connectivity index (χ0n) is 6.84. The van der Waals surface area contributed by atoms with Crippen molar-refractivity contribution in [2.75, 3.05) is 0 Å². The molecule has 1 nitrogen and oxygen atoms in total. The van der Waals surface area contributed by atoms with Gasteiger partial charge in [0.1, 0.15) is 0 Å². The molecule has 0 radical (unpaired) electrons. The topological polar surface area (TPSA) is 26.0 Å². The molecule has 1 fully saturated rings. The van der Waals surface area contributed by atoms with Crippen LogP contribution in [0.3, 0.4) is 0 Å². The first-order chi connectivity index (χ1) is 5.33. The Morgan fingerprint density at radius 3 is 3.18 bits per heavy atom.